The average Bonchev–Trinajstić information content (AvgIpc) is 3.35. The van der Waals surface area contributed by atoms with E-state index in [1.54, 1.807) is 18.9 Å². The predicted octanol–water partition coefficient (Wildman–Crippen LogP) is 8.40. The van der Waals surface area contributed by atoms with Crippen molar-refractivity contribution in [2.24, 2.45) is 0 Å². The van der Waals surface area contributed by atoms with Gasteiger partial charge in [-0.25, -0.2) is 8.78 Å². The van der Waals surface area contributed by atoms with Crippen molar-refractivity contribution in [3.8, 4) is 16.9 Å². The molecule has 0 atom stereocenters. The molecule has 0 radical (unpaired) electrons. The summed E-state index contributed by atoms with van der Waals surface area (Å²) < 4.78 is 35.1. The summed E-state index contributed by atoms with van der Waals surface area (Å²) in [5.41, 5.74) is 2.99. The molecule has 0 saturated heterocycles. The number of thiophene rings is 1. The van der Waals surface area contributed by atoms with Gasteiger partial charge in [0, 0.05) is 29.1 Å². The zero-order chi connectivity index (χ0) is 28.4. The molecule has 1 aliphatic rings. The number of carbonyl (C=O) groups excluding carboxylic acids is 1. The van der Waals surface area contributed by atoms with Crippen molar-refractivity contribution in [2.75, 3.05) is 20.4 Å². The minimum Gasteiger partial charge on any atom is -0.496 e. The number of ether oxygens (including phenoxy) is 1. The molecule has 1 fully saturated rings. The second kappa shape index (κ2) is 12.5. The van der Waals surface area contributed by atoms with Gasteiger partial charge in [0.1, 0.15) is 22.3 Å². The number of thioether (sulfide) groups is 1. The third-order valence-electron chi connectivity index (χ3n) is 7.73. The smallest absolute Gasteiger partial charge is 0.266 e. The lowest BCUT2D eigenvalue weighted by molar-refractivity contribution is 0.0604. The van der Waals surface area contributed by atoms with Gasteiger partial charge in [0.2, 0.25) is 0 Å². The van der Waals surface area contributed by atoms with Gasteiger partial charge in [0.15, 0.2) is 0 Å². The fourth-order valence-corrected chi connectivity index (χ4v) is 7.64. The van der Waals surface area contributed by atoms with E-state index in [4.69, 9.17) is 16.3 Å². The Morgan fingerprint density at radius 1 is 1.10 bits per heavy atom. The van der Waals surface area contributed by atoms with Crippen molar-refractivity contribution in [3.05, 3.63) is 81.7 Å². The molecular weight excluding hydrogens is 570 g/mol. The SMILES string of the molecule is CNC1CCC(N(Cc2ccc(-c3ccccc3SC)cc2OC)C(=O)c2sc3c(F)ccc(F)c3c2Cl)CC1. The molecule has 3 aromatic carbocycles. The molecule has 0 unspecified atom stereocenters. The molecule has 1 N–H and O–H groups in total. The average molecular weight is 601 g/mol. The molecule has 4 aromatic rings. The van der Waals surface area contributed by atoms with Crippen molar-refractivity contribution in [3.63, 3.8) is 0 Å². The van der Waals surface area contributed by atoms with Crippen LogP contribution >= 0.6 is 34.7 Å². The molecule has 210 valence electrons. The predicted molar refractivity (Wildman–Crippen MR) is 162 cm³/mol. The first-order valence-corrected chi connectivity index (χ1v) is 15.6. The van der Waals surface area contributed by atoms with Crippen LogP contribution in [0.4, 0.5) is 8.78 Å². The number of hydrogen-bond acceptors (Lipinski definition) is 5. The van der Waals surface area contributed by atoms with Gasteiger partial charge >= 0.3 is 0 Å². The number of methoxy groups -OCH3 is 1. The van der Waals surface area contributed by atoms with Crippen molar-refractivity contribution in [1.82, 2.24) is 10.2 Å². The van der Waals surface area contributed by atoms with E-state index in [1.165, 1.54) is 0 Å². The number of hydrogen-bond donors (Lipinski definition) is 1. The van der Waals surface area contributed by atoms with Crippen molar-refractivity contribution in [1.29, 1.82) is 0 Å². The van der Waals surface area contributed by atoms with E-state index in [2.05, 4.69) is 17.4 Å². The van der Waals surface area contributed by atoms with Gasteiger partial charge in [0.25, 0.3) is 5.91 Å². The zero-order valence-corrected chi connectivity index (χ0v) is 25.0. The Labute approximate surface area is 246 Å². The number of nitrogens with one attached hydrogen (secondary N) is 1. The van der Waals surface area contributed by atoms with E-state index in [0.29, 0.717) is 11.8 Å². The summed E-state index contributed by atoms with van der Waals surface area (Å²) in [6, 6.07) is 16.7. The van der Waals surface area contributed by atoms with Crippen LogP contribution < -0.4 is 10.1 Å². The molecule has 1 aromatic heterocycles. The minimum atomic E-state index is -0.638. The van der Waals surface area contributed by atoms with Gasteiger partial charge in [-0.05, 0) is 74.4 Å². The van der Waals surface area contributed by atoms with E-state index in [9.17, 15) is 13.6 Å². The Hall–Kier alpha value is -2.65. The standard InChI is InChI=1S/C31H31ClF2N2O2S2/c1-35-20-10-12-21(13-11-20)36(31(37)30-28(32)27-23(33)14-15-24(34)29(27)40-30)17-19-9-8-18(16-25(19)38-2)22-6-4-5-7-26(22)39-3/h4-9,14-16,20-21,35H,10-13,17H2,1-3H3. The van der Waals surface area contributed by atoms with Crippen LogP contribution in [0, 0.1) is 11.6 Å². The molecule has 0 spiro atoms. The van der Waals surface area contributed by atoms with Crippen LogP contribution in [0.2, 0.25) is 5.02 Å². The number of benzene rings is 3. The van der Waals surface area contributed by atoms with Gasteiger partial charge in [0.05, 0.1) is 22.2 Å². The highest BCUT2D eigenvalue weighted by molar-refractivity contribution is 7.98. The molecule has 0 aliphatic heterocycles. The van der Waals surface area contributed by atoms with Gasteiger partial charge in [-0.2, -0.15) is 0 Å². The maximum absolute atomic E-state index is 14.6. The molecule has 40 heavy (non-hydrogen) atoms. The van der Waals surface area contributed by atoms with E-state index in [1.807, 2.05) is 48.5 Å². The van der Waals surface area contributed by atoms with Crippen LogP contribution in [0.3, 0.4) is 0 Å². The molecule has 4 nitrogen and oxygen atoms in total. The summed E-state index contributed by atoms with van der Waals surface area (Å²) in [7, 11) is 3.58. The van der Waals surface area contributed by atoms with E-state index >= 15 is 0 Å². The fraction of sp³-hybridized carbons (Fsp3) is 0.323. The molecule has 1 saturated carbocycles. The normalized spacial score (nSPS) is 17.2. The number of amides is 1. The summed E-state index contributed by atoms with van der Waals surface area (Å²) in [6.07, 6.45) is 5.52. The second-order valence-electron chi connectivity index (χ2n) is 9.93. The summed E-state index contributed by atoms with van der Waals surface area (Å²) in [5.74, 6) is -0.877. The first-order chi connectivity index (χ1) is 19.4. The summed E-state index contributed by atoms with van der Waals surface area (Å²) in [6.45, 7) is 0.289. The molecule has 1 amide bonds. The van der Waals surface area contributed by atoms with Crippen LogP contribution in [-0.4, -0.2) is 43.3 Å². The lowest BCUT2D eigenvalue weighted by Crippen LogP contribution is -2.44. The fourth-order valence-electron chi connectivity index (χ4n) is 5.52. The van der Waals surface area contributed by atoms with Gasteiger partial charge in [-0.1, -0.05) is 41.9 Å². The summed E-state index contributed by atoms with van der Waals surface area (Å²) >= 11 is 9.15. The monoisotopic (exact) mass is 600 g/mol. The quantitative estimate of drug-likeness (QED) is 0.206. The molecule has 5 rings (SSSR count). The Balaban J connectivity index is 1.53. The number of nitrogens with zero attached hydrogens (tertiary/aromatic N) is 1. The van der Waals surface area contributed by atoms with E-state index in [0.717, 1.165) is 70.7 Å². The number of carbonyl (C=O) groups is 1. The minimum absolute atomic E-state index is 0.0353. The van der Waals surface area contributed by atoms with E-state index < -0.39 is 11.6 Å². The Bertz CT molecular complexity index is 1540. The zero-order valence-electron chi connectivity index (χ0n) is 22.6. The molecule has 1 aliphatic carbocycles. The Kier molecular flexibility index (Phi) is 9.00. The lowest BCUT2D eigenvalue weighted by atomic mass is 9.89. The molecule has 1 heterocycles. The maximum Gasteiger partial charge on any atom is 0.266 e. The highest BCUT2D eigenvalue weighted by atomic mass is 35.5. The largest absolute Gasteiger partial charge is 0.496 e. The first kappa shape index (κ1) is 28.9. The Morgan fingerprint density at radius 2 is 1.82 bits per heavy atom. The van der Waals surface area contributed by atoms with Crippen molar-refractivity contribution in [2.45, 2.75) is 49.2 Å². The number of rotatable bonds is 8. The van der Waals surface area contributed by atoms with Crippen LogP contribution in [0.15, 0.2) is 59.5 Å². The Morgan fingerprint density at radius 3 is 2.50 bits per heavy atom. The number of fused-ring (bicyclic) bond motifs is 1. The molecule has 9 heteroatoms. The maximum atomic E-state index is 14.6. The van der Waals surface area contributed by atoms with Crippen molar-refractivity contribution >= 4 is 50.7 Å². The van der Waals surface area contributed by atoms with Gasteiger partial charge in [-0.3, -0.25) is 4.79 Å². The topological polar surface area (TPSA) is 41.6 Å². The van der Waals surface area contributed by atoms with Gasteiger partial charge in [-0.15, -0.1) is 23.1 Å². The van der Waals surface area contributed by atoms with E-state index in [-0.39, 0.29) is 38.5 Å². The third-order valence-corrected chi connectivity index (χ3v) is 10.2. The summed E-state index contributed by atoms with van der Waals surface area (Å²) in [4.78, 5) is 17.3. The van der Waals surface area contributed by atoms with Crippen LogP contribution in [-0.2, 0) is 6.54 Å². The molecular formula is C31H31ClF2N2O2S2. The highest BCUT2D eigenvalue weighted by Gasteiger charge is 2.33. The lowest BCUT2D eigenvalue weighted by Gasteiger charge is -2.37. The van der Waals surface area contributed by atoms with Crippen LogP contribution in [0.5, 0.6) is 5.75 Å². The first-order valence-electron chi connectivity index (χ1n) is 13.2. The second-order valence-corrected chi connectivity index (χ2v) is 12.2. The van der Waals surface area contributed by atoms with Crippen molar-refractivity contribution < 1.29 is 18.3 Å². The molecule has 0 bridgehead atoms. The van der Waals surface area contributed by atoms with Gasteiger partial charge < -0.3 is 15.0 Å². The van der Waals surface area contributed by atoms with Crippen LogP contribution in [0.25, 0.3) is 21.2 Å². The third kappa shape index (κ3) is 5.59. The summed E-state index contributed by atoms with van der Waals surface area (Å²) in [5, 5.41) is 3.26. The highest BCUT2D eigenvalue weighted by Crippen LogP contribution is 2.41. The number of halogens is 3. The van der Waals surface area contributed by atoms with Crippen LogP contribution in [0.1, 0.15) is 40.9 Å².